The quantitative estimate of drug-likeness (QED) is 0.734. The Morgan fingerprint density at radius 1 is 1.06 bits per heavy atom. The number of fused-ring (bicyclic) bond motifs is 1. The third-order valence-electron chi connectivity index (χ3n) is 7.15. The van der Waals surface area contributed by atoms with Crippen LogP contribution in [0.2, 0.25) is 0 Å². The van der Waals surface area contributed by atoms with E-state index in [-0.39, 0.29) is 11.7 Å². The number of piperidine rings is 1. The van der Waals surface area contributed by atoms with Crippen LogP contribution in [-0.4, -0.2) is 73.1 Å². The molecule has 0 radical (unpaired) electrons. The number of benzene rings is 1. The number of ether oxygens (including phenoxy) is 1. The lowest BCUT2D eigenvalue weighted by Crippen LogP contribution is -2.55. The molecule has 2 fully saturated rings. The van der Waals surface area contributed by atoms with Gasteiger partial charge in [0.1, 0.15) is 11.4 Å². The summed E-state index contributed by atoms with van der Waals surface area (Å²) in [6.45, 7) is 5.26. The van der Waals surface area contributed by atoms with Crippen molar-refractivity contribution in [3.8, 4) is 5.88 Å². The maximum Gasteiger partial charge on any atom is 0.259 e. The van der Waals surface area contributed by atoms with Crippen LogP contribution in [0.3, 0.4) is 0 Å². The zero-order valence-electron chi connectivity index (χ0n) is 18.7. The minimum atomic E-state index is -0.199. The lowest BCUT2D eigenvalue weighted by Gasteiger charge is -2.44. The van der Waals surface area contributed by atoms with Crippen LogP contribution in [0.4, 0.5) is 10.1 Å². The number of nitrogens with zero attached hydrogens (tertiary/aromatic N) is 4. The number of amides is 1. The smallest absolute Gasteiger partial charge is 0.259 e. The van der Waals surface area contributed by atoms with Gasteiger partial charge in [0, 0.05) is 56.7 Å². The number of pyridine rings is 1. The van der Waals surface area contributed by atoms with Crippen molar-refractivity contribution in [3.05, 3.63) is 53.0 Å². The molecule has 1 atom stereocenters. The summed E-state index contributed by atoms with van der Waals surface area (Å²) in [6.07, 6.45) is 5.18. The van der Waals surface area contributed by atoms with E-state index in [9.17, 15) is 9.18 Å². The number of methoxy groups -OCH3 is 1. The summed E-state index contributed by atoms with van der Waals surface area (Å²) in [6, 6.07) is 9.13. The number of hydrogen-bond acceptors (Lipinski definition) is 5. The molecule has 2 saturated heterocycles. The van der Waals surface area contributed by atoms with Gasteiger partial charge in [0.15, 0.2) is 0 Å². The van der Waals surface area contributed by atoms with Gasteiger partial charge in [0.25, 0.3) is 5.91 Å². The van der Waals surface area contributed by atoms with Gasteiger partial charge in [-0.2, -0.15) is 0 Å². The summed E-state index contributed by atoms with van der Waals surface area (Å²) >= 11 is 0. The molecule has 1 aliphatic carbocycles. The third kappa shape index (κ3) is 4.18. The van der Waals surface area contributed by atoms with Crippen molar-refractivity contribution in [1.82, 2.24) is 14.8 Å². The minimum absolute atomic E-state index is 0.0405. The molecule has 0 spiro atoms. The van der Waals surface area contributed by atoms with Crippen molar-refractivity contribution in [1.29, 1.82) is 0 Å². The van der Waals surface area contributed by atoms with E-state index < -0.39 is 0 Å². The predicted octanol–water partition coefficient (Wildman–Crippen LogP) is 3.14. The maximum absolute atomic E-state index is 13.4. The van der Waals surface area contributed by atoms with Crippen LogP contribution in [0.5, 0.6) is 5.88 Å². The number of aryl methyl sites for hydroxylation is 2. The second kappa shape index (κ2) is 9.06. The molecule has 3 aliphatic rings. The molecule has 5 rings (SSSR count). The summed E-state index contributed by atoms with van der Waals surface area (Å²) in [5.41, 5.74) is 3.95. The first kappa shape index (κ1) is 21.2. The Balaban J connectivity index is 1.23. The summed E-state index contributed by atoms with van der Waals surface area (Å²) in [7, 11) is 1.60. The molecular formula is C25H31FN4O2. The number of rotatable bonds is 4. The van der Waals surface area contributed by atoms with E-state index in [0.29, 0.717) is 17.5 Å². The highest BCUT2D eigenvalue weighted by molar-refractivity contribution is 5.96. The zero-order chi connectivity index (χ0) is 22.1. The predicted molar refractivity (Wildman–Crippen MR) is 122 cm³/mol. The molecule has 2 aliphatic heterocycles. The molecule has 0 saturated carbocycles. The van der Waals surface area contributed by atoms with E-state index in [4.69, 9.17) is 4.74 Å². The highest BCUT2D eigenvalue weighted by atomic mass is 19.1. The minimum Gasteiger partial charge on any atom is -0.480 e. The van der Waals surface area contributed by atoms with Gasteiger partial charge in [-0.1, -0.05) is 0 Å². The lowest BCUT2D eigenvalue weighted by atomic mass is 10.0. The highest BCUT2D eigenvalue weighted by Gasteiger charge is 2.32. The van der Waals surface area contributed by atoms with Gasteiger partial charge >= 0.3 is 0 Å². The zero-order valence-corrected chi connectivity index (χ0v) is 18.7. The first-order chi connectivity index (χ1) is 15.6. The van der Waals surface area contributed by atoms with E-state index in [2.05, 4.69) is 14.8 Å². The SMILES string of the molecule is COc1nc2c(cc1C(=O)N1CCCC(N3CCN(c4ccc(F)cc4)CC3)C1)CCC2. The average Bonchev–Trinajstić information content (AvgIpc) is 3.31. The summed E-state index contributed by atoms with van der Waals surface area (Å²) in [5, 5.41) is 0. The lowest BCUT2D eigenvalue weighted by molar-refractivity contribution is 0.0560. The Morgan fingerprint density at radius 2 is 1.84 bits per heavy atom. The van der Waals surface area contributed by atoms with Gasteiger partial charge < -0.3 is 14.5 Å². The molecule has 1 aromatic heterocycles. The highest BCUT2D eigenvalue weighted by Crippen LogP contribution is 2.29. The Hall–Kier alpha value is -2.67. The van der Waals surface area contributed by atoms with Crippen molar-refractivity contribution < 1.29 is 13.9 Å². The van der Waals surface area contributed by atoms with E-state index in [0.717, 1.165) is 82.8 Å². The van der Waals surface area contributed by atoms with Crippen molar-refractivity contribution in [2.24, 2.45) is 0 Å². The fraction of sp³-hybridized carbons (Fsp3) is 0.520. The number of halogens is 1. The first-order valence-electron chi connectivity index (χ1n) is 11.7. The molecular weight excluding hydrogens is 407 g/mol. The van der Waals surface area contributed by atoms with Crippen LogP contribution in [0.15, 0.2) is 30.3 Å². The molecule has 3 heterocycles. The van der Waals surface area contributed by atoms with Crippen molar-refractivity contribution in [2.75, 3.05) is 51.3 Å². The molecule has 6 nitrogen and oxygen atoms in total. The number of likely N-dealkylation sites (tertiary alicyclic amines) is 1. The molecule has 1 aromatic carbocycles. The molecule has 1 unspecified atom stereocenters. The molecule has 0 N–H and O–H groups in total. The van der Waals surface area contributed by atoms with Gasteiger partial charge in [-0.05, 0) is 68.0 Å². The Kier molecular flexibility index (Phi) is 6.00. The van der Waals surface area contributed by atoms with Gasteiger partial charge in [-0.15, -0.1) is 0 Å². The van der Waals surface area contributed by atoms with E-state index in [1.54, 1.807) is 7.11 Å². The van der Waals surface area contributed by atoms with Crippen molar-refractivity contribution in [3.63, 3.8) is 0 Å². The molecule has 1 amide bonds. The van der Waals surface area contributed by atoms with Crippen molar-refractivity contribution >= 4 is 11.6 Å². The second-order valence-electron chi connectivity index (χ2n) is 9.05. The third-order valence-corrected chi connectivity index (χ3v) is 7.15. The fourth-order valence-corrected chi connectivity index (χ4v) is 5.37. The topological polar surface area (TPSA) is 48.9 Å². The summed E-state index contributed by atoms with van der Waals surface area (Å²) in [5.74, 6) is 0.305. The van der Waals surface area contributed by atoms with Crippen molar-refractivity contribution in [2.45, 2.75) is 38.1 Å². The fourth-order valence-electron chi connectivity index (χ4n) is 5.37. The van der Waals surface area contributed by atoms with Crippen LogP contribution < -0.4 is 9.64 Å². The van der Waals surface area contributed by atoms with E-state index in [1.807, 2.05) is 23.1 Å². The molecule has 7 heteroatoms. The second-order valence-corrected chi connectivity index (χ2v) is 9.05. The normalized spacial score (nSPS) is 21.5. The van der Waals surface area contributed by atoms with Gasteiger partial charge in [-0.3, -0.25) is 9.69 Å². The molecule has 170 valence electrons. The number of piperazine rings is 1. The maximum atomic E-state index is 13.4. The van der Waals surface area contributed by atoms with Crippen LogP contribution in [0, 0.1) is 5.82 Å². The average molecular weight is 439 g/mol. The monoisotopic (exact) mass is 438 g/mol. The summed E-state index contributed by atoms with van der Waals surface area (Å²) in [4.78, 5) is 24.9. The molecule has 32 heavy (non-hydrogen) atoms. The van der Waals surface area contributed by atoms with Gasteiger partial charge in [0.2, 0.25) is 5.88 Å². The van der Waals surface area contributed by atoms with Crippen LogP contribution in [0.25, 0.3) is 0 Å². The van der Waals surface area contributed by atoms with Crippen LogP contribution in [0.1, 0.15) is 40.9 Å². The number of aromatic nitrogens is 1. The number of hydrogen-bond donors (Lipinski definition) is 0. The van der Waals surface area contributed by atoms with Gasteiger partial charge in [-0.25, -0.2) is 9.37 Å². The molecule has 2 aromatic rings. The Bertz CT molecular complexity index is 973. The Labute approximate surface area is 189 Å². The summed E-state index contributed by atoms with van der Waals surface area (Å²) < 4.78 is 18.7. The number of carbonyl (C=O) groups excluding carboxylic acids is 1. The van der Waals surface area contributed by atoms with Gasteiger partial charge in [0.05, 0.1) is 7.11 Å². The first-order valence-corrected chi connectivity index (χ1v) is 11.7. The Morgan fingerprint density at radius 3 is 2.59 bits per heavy atom. The number of carbonyl (C=O) groups is 1. The number of anilines is 1. The molecule has 0 bridgehead atoms. The van der Waals surface area contributed by atoms with Crippen LogP contribution in [-0.2, 0) is 12.8 Å². The van der Waals surface area contributed by atoms with E-state index in [1.165, 1.54) is 17.7 Å². The van der Waals surface area contributed by atoms with E-state index >= 15 is 0 Å². The standard InChI is InChI=1S/C25H31FN4O2/c1-32-24-22(16-18-4-2-6-23(18)27-24)25(31)30-11-3-5-21(17-30)29-14-12-28(13-15-29)20-9-7-19(26)8-10-20/h7-10,16,21H,2-6,11-15,17H2,1H3. The largest absolute Gasteiger partial charge is 0.480 e. The van der Waals surface area contributed by atoms with Crippen LogP contribution >= 0.6 is 0 Å².